The van der Waals surface area contributed by atoms with Gasteiger partial charge in [0.25, 0.3) is 0 Å². The monoisotopic (exact) mass is 192 g/mol. The Morgan fingerprint density at radius 3 is 2.17 bits per heavy atom. The Morgan fingerprint density at radius 1 is 1.50 bits per heavy atom. The maximum atomic E-state index is 11.4. The number of carboxylic acids is 1. The van der Waals surface area contributed by atoms with Crippen LogP contribution in [0, 0.1) is 5.92 Å². The van der Waals surface area contributed by atoms with Crippen molar-refractivity contribution in [2.24, 2.45) is 5.92 Å². The third kappa shape index (κ3) is 3.85. The van der Waals surface area contributed by atoms with Gasteiger partial charge in [-0.25, -0.2) is 0 Å². The lowest BCUT2D eigenvalue weighted by Gasteiger charge is -2.18. The van der Waals surface area contributed by atoms with Crippen LogP contribution in [0.1, 0.15) is 27.7 Å². The highest BCUT2D eigenvalue weighted by molar-refractivity contribution is 7.86. The number of carboxylic acid groups (broad SMARTS) is 1. The van der Waals surface area contributed by atoms with Crippen molar-refractivity contribution in [1.29, 1.82) is 0 Å². The second kappa shape index (κ2) is 4.03. The molecule has 0 aliphatic rings. The smallest absolute Gasteiger partial charge is 0.307 e. The molecule has 0 aliphatic carbocycles. The van der Waals surface area contributed by atoms with Gasteiger partial charge in [0.2, 0.25) is 0 Å². The molecule has 0 saturated heterocycles. The second-order valence-electron chi connectivity index (χ2n) is 3.86. The fourth-order valence-corrected chi connectivity index (χ4v) is 1.65. The van der Waals surface area contributed by atoms with E-state index in [9.17, 15) is 9.00 Å². The van der Waals surface area contributed by atoms with Crippen molar-refractivity contribution >= 4 is 16.8 Å². The summed E-state index contributed by atoms with van der Waals surface area (Å²) in [5.74, 6) is -1.17. The van der Waals surface area contributed by atoms with E-state index in [1.807, 2.05) is 20.8 Å². The highest BCUT2D eigenvalue weighted by Crippen LogP contribution is 2.14. The molecule has 0 aromatic heterocycles. The van der Waals surface area contributed by atoms with Gasteiger partial charge in [0, 0.05) is 21.3 Å². The van der Waals surface area contributed by atoms with Crippen molar-refractivity contribution in [1.82, 2.24) is 0 Å². The Kier molecular flexibility index (Phi) is 3.90. The molecule has 0 bridgehead atoms. The normalized spacial score (nSPS) is 17.0. The average Bonchev–Trinajstić information content (AvgIpc) is 1.85. The predicted octanol–water partition coefficient (Wildman–Crippen LogP) is 1.25. The summed E-state index contributed by atoms with van der Waals surface area (Å²) in [4.78, 5) is 10.4. The van der Waals surface area contributed by atoms with Crippen molar-refractivity contribution in [3.05, 3.63) is 0 Å². The summed E-state index contributed by atoms with van der Waals surface area (Å²) in [5, 5.41) is 8.56. The third-order valence-electron chi connectivity index (χ3n) is 1.51. The van der Waals surface area contributed by atoms with Crippen LogP contribution in [0.25, 0.3) is 0 Å². The van der Waals surface area contributed by atoms with Gasteiger partial charge in [0.15, 0.2) is 0 Å². The summed E-state index contributed by atoms with van der Waals surface area (Å²) >= 11 is 0. The summed E-state index contributed by atoms with van der Waals surface area (Å²) in [7, 11) is -1.07. The Morgan fingerprint density at radius 2 is 1.92 bits per heavy atom. The van der Waals surface area contributed by atoms with Gasteiger partial charge in [-0.2, -0.15) is 0 Å². The maximum Gasteiger partial charge on any atom is 0.307 e. The van der Waals surface area contributed by atoms with Crippen LogP contribution in [0.15, 0.2) is 0 Å². The molecular formula is C8H16O3S. The number of hydrogen-bond acceptors (Lipinski definition) is 2. The van der Waals surface area contributed by atoms with Crippen LogP contribution >= 0.6 is 0 Å². The summed E-state index contributed by atoms with van der Waals surface area (Å²) in [6, 6.07) is 0. The molecule has 0 radical (unpaired) electrons. The molecule has 0 aliphatic heterocycles. The standard InChI is InChI=1S/C8H16O3S/c1-6(7(9)10)5-12(11)8(2,3)4/h6H,5H2,1-4H3,(H,9,10). The van der Waals surface area contributed by atoms with Crippen molar-refractivity contribution in [3.8, 4) is 0 Å². The molecule has 12 heavy (non-hydrogen) atoms. The van der Waals surface area contributed by atoms with Crippen LogP contribution in [-0.2, 0) is 15.6 Å². The Bertz CT molecular complexity index is 193. The second-order valence-corrected chi connectivity index (χ2v) is 6.11. The molecule has 72 valence electrons. The predicted molar refractivity (Wildman–Crippen MR) is 49.6 cm³/mol. The number of aliphatic carboxylic acids is 1. The van der Waals surface area contributed by atoms with E-state index in [4.69, 9.17) is 5.11 Å². The van der Waals surface area contributed by atoms with Crippen LogP contribution in [-0.4, -0.2) is 25.8 Å². The fourth-order valence-electron chi connectivity index (χ4n) is 0.548. The highest BCUT2D eigenvalue weighted by Gasteiger charge is 2.23. The summed E-state index contributed by atoms with van der Waals surface area (Å²) < 4.78 is 11.1. The number of rotatable bonds is 3. The Hall–Kier alpha value is -0.380. The van der Waals surface area contributed by atoms with Crippen LogP contribution in [0.4, 0.5) is 0 Å². The molecule has 1 N–H and O–H groups in total. The lowest BCUT2D eigenvalue weighted by molar-refractivity contribution is -0.140. The van der Waals surface area contributed by atoms with Crippen LogP contribution in [0.3, 0.4) is 0 Å². The van der Waals surface area contributed by atoms with E-state index < -0.39 is 22.7 Å². The zero-order valence-corrected chi connectivity index (χ0v) is 8.77. The Balaban J connectivity index is 4.11. The first-order valence-corrected chi connectivity index (χ1v) is 5.18. The average molecular weight is 192 g/mol. The molecule has 2 unspecified atom stereocenters. The van der Waals surface area contributed by atoms with Crippen LogP contribution < -0.4 is 0 Å². The van der Waals surface area contributed by atoms with Gasteiger partial charge in [-0.1, -0.05) is 6.92 Å². The number of carbonyl (C=O) groups is 1. The van der Waals surface area contributed by atoms with Gasteiger partial charge in [0.05, 0.1) is 5.92 Å². The fraction of sp³-hybridized carbons (Fsp3) is 0.875. The summed E-state index contributed by atoms with van der Waals surface area (Å²) in [6.07, 6.45) is 0. The van der Waals surface area contributed by atoms with E-state index in [1.54, 1.807) is 6.92 Å². The molecule has 0 rings (SSSR count). The topological polar surface area (TPSA) is 54.4 Å². The van der Waals surface area contributed by atoms with Crippen LogP contribution in [0.2, 0.25) is 0 Å². The van der Waals surface area contributed by atoms with E-state index in [-0.39, 0.29) is 10.5 Å². The molecule has 4 heteroatoms. The minimum atomic E-state index is -1.07. The maximum absolute atomic E-state index is 11.4. The van der Waals surface area contributed by atoms with Gasteiger partial charge in [-0.15, -0.1) is 0 Å². The quantitative estimate of drug-likeness (QED) is 0.732. The highest BCUT2D eigenvalue weighted by atomic mass is 32.2. The minimum Gasteiger partial charge on any atom is -0.481 e. The largest absolute Gasteiger partial charge is 0.481 e. The molecule has 0 heterocycles. The van der Waals surface area contributed by atoms with E-state index in [2.05, 4.69) is 0 Å². The van der Waals surface area contributed by atoms with Crippen molar-refractivity contribution in [2.75, 3.05) is 5.75 Å². The summed E-state index contributed by atoms with van der Waals surface area (Å²) in [6.45, 7) is 7.11. The van der Waals surface area contributed by atoms with E-state index >= 15 is 0 Å². The molecule has 0 aromatic carbocycles. The Labute approximate surface area is 75.6 Å². The first-order valence-electron chi connectivity index (χ1n) is 3.86. The first kappa shape index (κ1) is 11.6. The first-order chi connectivity index (χ1) is 5.25. The zero-order chi connectivity index (χ0) is 9.94. The van der Waals surface area contributed by atoms with E-state index in [0.717, 1.165) is 0 Å². The summed E-state index contributed by atoms with van der Waals surface area (Å²) in [5.41, 5.74) is 0. The molecular weight excluding hydrogens is 176 g/mol. The minimum absolute atomic E-state index is 0.235. The lowest BCUT2D eigenvalue weighted by Crippen LogP contribution is -2.29. The van der Waals surface area contributed by atoms with E-state index in [0.29, 0.717) is 0 Å². The van der Waals surface area contributed by atoms with Gasteiger partial charge in [-0.05, 0) is 20.8 Å². The third-order valence-corrected chi connectivity index (χ3v) is 3.67. The van der Waals surface area contributed by atoms with Crippen LogP contribution in [0.5, 0.6) is 0 Å². The molecule has 0 fully saturated rings. The molecule has 0 amide bonds. The molecule has 3 nitrogen and oxygen atoms in total. The van der Waals surface area contributed by atoms with Crippen molar-refractivity contribution < 1.29 is 14.1 Å². The molecule has 0 aromatic rings. The van der Waals surface area contributed by atoms with Crippen molar-refractivity contribution in [2.45, 2.75) is 32.4 Å². The molecule has 0 saturated carbocycles. The molecule has 2 atom stereocenters. The number of hydrogen-bond donors (Lipinski definition) is 1. The van der Waals surface area contributed by atoms with Crippen molar-refractivity contribution in [3.63, 3.8) is 0 Å². The van der Waals surface area contributed by atoms with E-state index in [1.165, 1.54) is 0 Å². The van der Waals surface area contributed by atoms with Gasteiger partial charge in [0.1, 0.15) is 0 Å². The molecule has 0 spiro atoms. The SMILES string of the molecule is CC(CS(=O)C(C)(C)C)C(=O)O. The van der Waals surface area contributed by atoms with Gasteiger partial charge >= 0.3 is 5.97 Å². The zero-order valence-electron chi connectivity index (χ0n) is 7.96. The van der Waals surface area contributed by atoms with Gasteiger partial charge < -0.3 is 5.11 Å². The van der Waals surface area contributed by atoms with Gasteiger partial charge in [-0.3, -0.25) is 9.00 Å². The lowest BCUT2D eigenvalue weighted by atomic mass is 10.2.